The van der Waals surface area contributed by atoms with Crippen LogP contribution in [0.1, 0.15) is 38.3 Å². The molecule has 0 saturated heterocycles. The van der Waals surface area contributed by atoms with E-state index in [2.05, 4.69) is 15.4 Å². The van der Waals surface area contributed by atoms with Gasteiger partial charge in [0, 0.05) is 29.9 Å². The summed E-state index contributed by atoms with van der Waals surface area (Å²) < 4.78 is 28.0. The number of hydrogen-bond donors (Lipinski definition) is 4. The molecule has 34 heavy (non-hydrogen) atoms. The Balaban J connectivity index is 1.47. The van der Waals surface area contributed by atoms with E-state index in [0.29, 0.717) is 41.9 Å². The average molecular weight is 482 g/mol. The quantitative estimate of drug-likeness (QED) is 0.349. The number of aromatic hydroxyl groups is 1. The number of sulfonamides is 1. The minimum Gasteiger partial charge on any atom is -0.508 e. The zero-order valence-electron chi connectivity index (χ0n) is 19.0. The van der Waals surface area contributed by atoms with Gasteiger partial charge in [-0.25, -0.2) is 8.42 Å². The summed E-state index contributed by atoms with van der Waals surface area (Å²) in [6, 6.07) is 17.4. The molecule has 0 radical (unpaired) electrons. The highest BCUT2D eigenvalue weighted by Crippen LogP contribution is 2.21. The molecule has 178 valence electrons. The number of rotatable bonds is 9. The molecule has 0 bridgehead atoms. The molecule has 0 unspecified atom stereocenters. The fraction of sp³-hybridized carbons (Fsp3) is 0.200. The van der Waals surface area contributed by atoms with E-state index in [1.54, 1.807) is 43.3 Å². The van der Waals surface area contributed by atoms with Crippen molar-refractivity contribution in [3.63, 3.8) is 0 Å². The molecule has 4 N–H and O–H groups in total. The van der Waals surface area contributed by atoms with Gasteiger partial charge in [-0.15, -0.1) is 0 Å². The van der Waals surface area contributed by atoms with Gasteiger partial charge in [-0.3, -0.25) is 14.3 Å². The molecule has 3 rings (SSSR count). The monoisotopic (exact) mass is 481 g/mol. The number of phenols is 1. The molecule has 9 heteroatoms. The molecule has 0 aliphatic carbocycles. The lowest BCUT2D eigenvalue weighted by Gasteiger charge is -2.12. The van der Waals surface area contributed by atoms with Gasteiger partial charge in [-0.05, 0) is 79.9 Å². The molecular weight excluding hydrogens is 454 g/mol. The first-order chi connectivity index (χ1) is 16.2. The SMILES string of the molecule is Cc1ccc(C)c(S(=O)(=O)Nc2ccc(C(=O)NCCCNC(=O)c3cccc(O)c3)cc2)c1. The maximum absolute atomic E-state index is 12.7. The third-order valence-corrected chi connectivity index (χ3v) is 6.59. The van der Waals surface area contributed by atoms with Gasteiger partial charge >= 0.3 is 0 Å². The molecule has 0 saturated carbocycles. The number of nitrogens with one attached hydrogen (secondary N) is 3. The van der Waals surface area contributed by atoms with Crippen LogP contribution in [0.25, 0.3) is 0 Å². The van der Waals surface area contributed by atoms with Gasteiger partial charge in [0.15, 0.2) is 0 Å². The van der Waals surface area contributed by atoms with Crippen molar-refractivity contribution in [1.82, 2.24) is 10.6 Å². The van der Waals surface area contributed by atoms with Crippen molar-refractivity contribution in [2.24, 2.45) is 0 Å². The molecule has 0 spiro atoms. The van der Waals surface area contributed by atoms with Crippen LogP contribution in [-0.2, 0) is 10.0 Å². The van der Waals surface area contributed by atoms with Gasteiger partial charge in [0.1, 0.15) is 5.75 Å². The van der Waals surface area contributed by atoms with Crippen molar-refractivity contribution in [2.75, 3.05) is 17.8 Å². The highest BCUT2D eigenvalue weighted by Gasteiger charge is 2.17. The smallest absolute Gasteiger partial charge is 0.262 e. The van der Waals surface area contributed by atoms with Gasteiger partial charge in [0.05, 0.1) is 4.90 Å². The summed E-state index contributed by atoms with van der Waals surface area (Å²) in [6.45, 7) is 4.27. The van der Waals surface area contributed by atoms with Crippen LogP contribution in [0, 0.1) is 13.8 Å². The van der Waals surface area contributed by atoms with Gasteiger partial charge in [0.2, 0.25) is 0 Å². The molecule has 0 heterocycles. The molecule has 0 aliphatic heterocycles. The van der Waals surface area contributed by atoms with Crippen molar-refractivity contribution >= 4 is 27.5 Å². The third-order valence-electron chi connectivity index (χ3n) is 5.07. The standard InChI is InChI=1S/C25H27N3O5S/c1-17-7-8-18(2)23(15-17)34(32,33)28-21-11-9-19(10-12-21)24(30)26-13-4-14-27-25(31)20-5-3-6-22(29)16-20/h3,5-12,15-16,28-29H,4,13-14H2,1-2H3,(H,26,30)(H,27,31). The van der Waals surface area contributed by atoms with Crippen LogP contribution in [0.15, 0.2) is 71.6 Å². The van der Waals surface area contributed by atoms with Crippen molar-refractivity contribution < 1.29 is 23.1 Å². The number of aryl methyl sites for hydroxylation is 2. The first-order valence-electron chi connectivity index (χ1n) is 10.7. The average Bonchev–Trinajstić information content (AvgIpc) is 2.80. The third kappa shape index (κ3) is 6.58. The molecule has 8 nitrogen and oxygen atoms in total. The van der Waals surface area contributed by atoms with Gasteiger partial charge in [0.25, 0.3) is 21.8 Å². The molecule has 3 aromatic rings. The Bertz CT molecular complexity index is 1290. The second-order valence-corrected chi connectivity index (χ2v) is 9.52. The number of benzene rings is 3. The van der Waals surface area contributed by atoms with Crippen molar-refractivity contribution in [3.05, 3.63) is 89.0 Å². The van der Waals surface area contributed by atoms with E-state index >= 15 is 0 Å². The normalized spacial score (nSPS) is 11.0. The molecular formula is C25H27N3O5S. The Kier molecular flexibility index (Phi) is 7.91. The summed E-state index contributed by atoms with van der Waals surface area (Å²) >= 11 is 0. The van der Waals surface area contributed by atoms with Crippen LogP contribution in [0.2, 0.25) is 0 Å². The van der Waals surface area contributed by atoms with Crippen molar-refractivity contribution in [1.29, 1.82) is 0 Å². The highest BCUT2D eigenvalue weighted by atomic mass is 32.2. The largest absolute Gasteiger partial charge is 0.508 e. The Labute approximate surface area is 199 Å². The first kappa shape index (κ1) is 24.8. The number of hydrogen-bond acceptors (Lipinski definition) is 5. The summed E-state index contributed by atoms with van der Waals surface area (Å²) in [6.07, 6.45) is 0.518. The number of phenolic OH excluding ortho intramolecular Hbond substituents is 1. The summed E-state index contributed by atoms with van der Waals surface area (Å²) in [5.74, 6) is -0.589. The minimum atomic E-state index is -3.75. The van der Waals surface area contributed by atoms with E-state index in [1.165, 1.54) is 24.3 Å². The zero-order valence-corrected chi connectivity index (χ0v) is 19.8. The van der Waals surface area contributed by atoms with Crippen molar-refractivity contribution in [3.8, 4) is 5.75 Å². The molecule has 0 aromatic heterocycles. The maximum atomic E-state index is 12.7. The fourth-order valence-electron chi connectivity index (χ4n) is 3.24. The highest BCUT2D eigenvalue weighted by molar-refractivity contribution is 7.92. The minimum absolute atomic E-state index is 0.0176. The predicted octanol–water partition coefficient (Wildman–Crippen LogP) is 3.36. The summed E-state index contributed by atoms with van der Waals surface area (Å²) in [7, 11) is -3.75. The summed E-state index contributed by atoms with van der Waals surface area (Å²) in [4.78, 5) is 24.6. The maximum Gasteiger partial charge on any atom is 0.262 e. The predicted molar refractivity (Wildman–Crippen MR) is 131 cm³/mol. The van der Waals surface area contributed by atoms with E-state index < -0.39 is 10.0 Å². The number of carbonyl (C=O) groups excluding carboxylic acids is 2. The van der Waals surface area contributed by atoms with Crippen LogP contribution < -0.4 is 15.4 Å². The Morgan fingerprint density at radius 1 is 0.824 bits per heavy atom. The van der Waals surface area contributed by atoms with Crippen LogP contribution in [0.5, 0.6) is 5.75 Å². The molecule has 0 atom stereocenters. The number of carbonyl (C=O) groups is 2. The van der Waals surface area contributed by atoms with Crippen LogP contribution in [0.4, 0.5) is 5.69 Å². The van der Waals surface area contributed by atoms with E-state index in [1.807, 2.05) is 13.0 Å². The second-order valence-electron chi connectivity index (χ2n) is 7.87. The van der Waals surface area contributed by atoms with Crippen LogP contribution >= 0.6 is 0 Å². The lowest BCUT2D eigenvalue weighted by molar-refractivity contribution is 0.0951. The Hall–Kier alpha value is -3.85. The summed E-state index contributed by atoms with van der Waals surface area (Å²) in [5.41, 5.74) is 2.59. The lowest BCUT2D eigenvalue weighted by Crippen LogP contribution is -2.29. The molecule has 0 aliphatic rings. The lowest BCUT2D eigenvalue weighted by atomic mass is 10.2. The van der Waals surface area contributed by atoms with Crippen LogP contribution in [0.3, 0.4) is 0 Å². The second kappa shape index (κ2) is 10.8. The summed E-state index contributed by atoms with van der Waals surface area (Å²) in [5, 5.41) is 14.9. The van der Waals surface area contributed by atoms with E-state index in [9.17, 15) is 23.1 Å². The van der Waals surface area contributed by atoms with Crippen LogP contribution in [-0.4, -0.2) is 38.4 Å². The fourth-order valence-corrected chi connectivity index (χ4v) is 4.63. The van der Waals surface area contributed by atoms with Gasteiger partial charge in [-0.1, -0.05) is 18.2 Å². The molecule has 2 amide bonds. The zero-order chi connectivity index (χ0) is 24.7. The number of amides is 2. The Morgan fingerprint density at radius 2 is 1.47 bits per heavy atom. The molecule has 0 fully saturated rings. The first-order valence-corrected chi connectivity index (χ1v) is 12.2. The van der Waals surface area contributed by atoms with Gasteiger partial charge in [-0.2, -0.15) is 0 Å². The topological polar surface area (TPSA) is 125 Å². The van der Waals surface area contributed by atoms with E-state index in [4.69, 9.17) is 0 Å². The van der Waals surface area contributed by atoms with E-state index in [0.717, 1.165) is 5.56 Å². The number of anilines is 1. The molecule has 3 aromatic carbocycles. The van der Waals surface area contributed by atoms with E-state index in [-0.39, 0.29) is 22.5 Å². The van der Waals surface area contributed by atoms with Gasteiger partial charge < -0.3 is 15.7 Å². The van der Waals surface area contributed by atoms with Crippen molar-refractivity contribution in [2.45, 2.75) is 25.2 Å². The Morgan fingerprint density at radius 3 is 2.12 bits per heavy atom.